The lowest BCUT2D eigenvalue weighted by Gasteiger charge is -2.19. The molecule has 0 aliphatic rings. The van der Waals surface area contributed by atoms with Gasteiger partial charge in [-0.15, -0.1) is 0 Å². The number of ether oxygens (including phenoxy) is 1. The Hall–Kier alpha value is -2.89. The molecule has 2 aromatic carbocycles. The van der Waals surface area contributed by atoms with Gasteiger partial charge >= 0.3 is 0 Å². The average Bonchev–Trinajstić information content (AvgIpc) is 2.59. The summed E-state index contributed by atoms with van der Waals surface area (Å²) in [7, 11) is 1.62. The van der Waals surface area contributed by atoms with Gasteiger partial charge in [0.25, 0.3) is 11.6 Å². The number of hydrogen-bond acceptors (Lipinski definition) is 4. The summed E-state index contributed by atoms with van der Waals surface area (Å²) in [5.74, 6) is 0.473. The third-order valence-electron chi connectivity index (χ3n) is 4.28. The number of rotatable bonds is 6. The predicted octanol–water partition coefficient (Wildman–Crippen LogP) is 4.10. The SMILES string of the molecule is CCC(NC(=O)c1cccc([N+](=O)[O-])c1C)c1ccc(OC)c(C)c1. The molecule has 2 rings (SSSR count). The molecule has 1 unspecified atom stereocenters. The quantitative estimate of drug-likeness (QED) is 0.633. The molecule has 1 atom stereocenters. The normalized spacial score (nSPS) is 11.7. The minimum atomic E-state index is -0.476. The van der Waals surface area contributed by atoms with Crippen LogP contribution in [0.3, 0.4) is 0 Å². The van der Waals surface area contributed by atoms with E-state index in [1.807, 2.05) is 32.0 Å². The van der Waals surface area contributed by atoms with Crippen molar-refractivity contribution in [1.82, 2.24) is 5.32 Å². The van der Waals surface area contributed by atoms with Crippen molar-refractivity contribution < 1.29 is 14.5 Å². The first kappa shape index (κ1) is 18.4. The van der Waals surface area contributed by atoms with Crippen molar-refractivity contribution in [3.8, 4) is 5.75 Å². The molecule has 0 spiro atoms. The van der Waals surface area contributed by atoms with Gasteiger partial charge in [0, 0.05) is 17.2 Å². The number of hydrogen-bond donors (Lipinski definition) is 1. The molecule has 132 valence electrons. The zero-order chi connectivity index (χ0) is 18.6. The van der Waals surface area contributed by atoms with Crippen LogP contribution in [-0.4, -0.2) is 17.9 Å². The van der Waals surface area contributed by atoms with Crippen LogP contribution in [0.2, 0.25) is 0 Å². The second-order valence-electron chi connectivity index (χ2n) is 5.87. The lowest BCUT2D eigenvalue weighted by atomic mass is 10.00. The van der Waals surface area contributed by atoms with E-state index >= 15 is 0 Å². The van der Waals surface area contributed by atoms with E-state index in [0.717, 1.165) is 16.9 Å². The minimum Gasteiger partial charge on any atom is -0.496 e. The number of nitro groups is 1. The Balaban J connectivity index is 2.27. The molecule has 0 bridgehead atoms. The van der Waals surface area contributed by atoms with Gasteiger partial charge in [0.15, 0.2) is 0 Å². The summed E-state index contributed by atoms with van der Waals surface area (Å²) in [5.41, 5.74) is 2.58. The van der Waals surface area contributed by atoms with Crippen molar-refractivity contribution >= 4 is 11.6 Å². The number of nitrogens with zero attached hydrogens (tertiary/aromatic N) is 1. The van der Waals surface area contributed by atoms with E-state index in [4.69, 9.17) is 4.74 Å². The van der Waals surface area contributed by atoms with E-state index < -0.39 is 4.92 Å². The zero-order valence-electron chi connectivity index (χ0n) is 14.8. The third-order valence-corrected chi connectivity index (χ3v) is 4.28. The van der Waals surface area contributed by atoms with Gasteiger partial charge in [0.05, 0.1) is 18.1 Å². The molecular formula is C19H22N2O4. The van der Waals surface area contributed by atoms with Crippen molar-refractivity contribution in [2.75, 3.05) is 7.11 Å². The molecule has 1 amide bonds. The van der Waals surface area contributed by atoms with Gasteiger partial charge in [0.1, 0.15) is 5.75 Å². The molecule has 0 aliphatic heterocycles. The molecule has 0 heterocycles. The van der Waals surface area contributed by atoms with Crippen LogP contribution >= 0.6 is 0 Å². The fourth-order valence-electron chi connectivity index (χ4n) is 2.84. The summed E-state index contributed by atoms with van der Waals surface area (Å²) < 4.78 is 5.26. The van der Waals surface area contributed by atoms with E-state index in [-0.39, 0.29) is 17.6 Å². The van der Waals surface area contributed by atoms with Crippen LogP contribution < -0.4 is 10.1 Å². The molecule has 6 heteroatoms. The highest BCUT2D eigenvalue weighted by atomic mass is 16.6. The Bertz CT molecular complexity index is 802. The second-order valence-corrected chi connectivity index (χ2v) is 5.87. The monoisotopic (exact) mass is 342 g/mol. The highest BCUT2D eigenvalue weighted by Crippen LogP contribution is 2.26. The Morgan fingerprint density at radius 3 is 2.56 bits per heavy atom. The highest BCUT2D eigenvalue weighted by molar-refractivity contribution is 5.96. The first-order valence-electron chi connectivity index (χ1n) is 8.08. The van der Waals surface area contributed by atoms with E-state index in [1.54, 1.807) is 20.1 Å². The molecule has 0 saturated carbocycles. The Morgan fingerprint density at radius 2 is 2.00 bits per heavy atom. The third kappa shape index (κ3) is 3.96. The number of methoxy groups -OCH3 is 1. The summed E-state index contributed by atoms with van der Waals surface area (Å²) in [6, 6.07) is 10.1. The molecule has 25 heavy (non-hydrogen) atoms. The molecule has 0 radical (unpaired) electrons. The van der Waals surface area contributed by atoms with Crippen LogP contribution in [0, 0.1) is 24.0 Å². The lowest BCUT2D eigenvalue weighted by Crippen LogP contribution is -2.29. The Kier molecular flexibility index (Phi) is 5.75. The van der Waals surface area contributed by atoms with Gasteiger partial charge in [-0.25, -0.2) is 0 Å². The number of carbonyl (C=O) groups is 1. The van der Waals surface area contributed by atoms with Gasteiger partial charge in [-0.1, -0.05) is 25.1 Å². The summed E-state index contributed by atoms with van der Waals surface area (Å²) in [6.45, 7) is 5.51. The maximum absolute atomic E-state index is 12.6. The summed E-state index contributed by atoms with van der Waals surface area (Å²) in [5, 5.41) is 14.0. The van der Waals surface area contributed by atoms with E-state index in [1.165, 1.54) is 12.1 Å². The number of nitro benzene ring substituents is 1. The van der Waals surface area contributed by atoms with Gasteiger partial charge in [-0.2, -0.15) is 0 Å². The molecule has 0 saturated heterocycles. The van der Waals surface area contributed by atoms with Crippen molar-refractivity contribution in [2.24, 2.45) is 0 Å². The fraction of sp³-hybridized carbons (Fsp3) is 0.316. The van der Waals surface area contributed by atoms with Gasteiger partial charge in [0.2, 0.25) is 0 Å². The molecule has 0 fully saturated rings. The molecule has 0 aliphatic carbocycles. The zero-order valence-corrected chi connectivity index (χ0v) is 14.8. The smallest absolute Gasteiger partial charge is 0.273 e. The van der Waals surface area contributed by atoms with Crippen molar-refractivity contribution in [1.29, 1.82) is 0 Å². The number of amides is 1. The van der Waals surface area contributed by atoms with Crippen LogP contribution in [-0.2, 0) is 0 Å². The maximum Gasteiger partial charge on any atom is 0.273 e. The number of aryl methyl sites for hydroxylation is 1. The van der Waals surface area contributed by atoms with E-state index in [0.29, 0.717) is 17.5 Å². The number of benzene rings is 2. The topological polar surface area (TPSA) is 81.5 Å². The molecule has 6 nitrogen and oxygen atoms in total. The Labute approximate surface area is 147 Å². The molecule has 2 aromatic rings. The van der Waals surface area contributed by atoms with Crippen molar-refractivity contribution in [3.05, 3.63) is 68.8 Å². The van der Waals surface area contributed by atoms with Gasteiger partial charge in [-0.05, 0) is 43.5 Å². The molecular weight excluding hydrogens is 320 g/mol. The van der Waals surface area contributed by atoms with Gasteiger partial charge in [-0.3, -0.25) is 14.9 Å². The predicted molar refractivity (Wildman–Crippen MR) is 96.1 cm³/mol. The second kappa shape index (κ2) is 7.79. The standard InChI is InChI=1S/C19H22N2O4/c1-5-16(14-9-10-18(25-4)12(2)11-14)20-19(22)15-7-6-8-17(13(15)3)21(23)24/h6-11,16H,5H2,1-4H3,(H,20,22). The van der Waals surface area contributed by atoms with Crippen LogP contribution in [0.15, 0.2) is 36.4 Å². The average molecular weight is 342 g/mol. The van der Waals surface area contributed by atoms with Crippen LogP contribution in [0.25, 0.3) is 0 Å². The number of carbonyl (C=O) groups excluding carboxylic acids is 1. The fourth-order valence-corrected chi connectivity index (χ4v) is 2.84. The van der Waals surface area contributed by atoms with Crippen LogP contribution in [0.1, 0.15) is 46.4 Å². The molecule has 1 N–H and O–H groups in total. The van der Waals surface area contributed by atoms with E-state index in [2.05, 4.69) is 5.32 Å². The van der Waals surface area contributed by atoms with Crippen LogP contribution in [0.5, 0.6) is 5.75 Å². The van der Waals surface area contributed by atoms with Crippen molar-refractivity contribution in [3.63, 3.8) is 0 Å². The molecule has 0 aromatic heterocycles. The van der Waals surface area contributed by atoms with E-state index in [9.17, 15) is 14.9 Å². The maximum atomic E-state index is 12.6. The summed E-state index contributed by atoms with van der Waals surface area (Å²) in [4.78, 5) is 23.2. The Morgan fingerprint density at radius 1 is 1.28 bits per heavy atom. The van der Waals surface area contributed by atoms with Crippen LogP contribution in [0.4, 0.5) is 5.69 Å². The summed E-state index contributed by atoms with van der Waals surface area (Å²) >= 11 is 0. The highest BCUT2D eigenvalue weighted by Gasteiger charge is 2.20. The summed E-state index contributed by atoms with van der Waals surface area (Å²) in [6.07, 6.45) is 0.700. The first-order valence-corrected chi connectivity index (χ1v) is 8.08. The first-order chi connectivity index (χ1) is 11.9. The van der Waals surface area contributed by atoms with Crippen molar-refractivity contribution in [2.45, 2.75) is 33.2 Å². The number of nitrogens with one attached hydrogen (secondary N) is 1. The minimum absolute atomic E-state index is 0.0546. The lowest BCUT2D eigenvalue weighted by molar-refractivity contribution is -0.385. The van der Waals surface area contributed by atoms with Gasteiger partial charge < -0.3 is 10.1 Å². The largest absolute Gasteiger partial charge is 0.496 e.